The van der Waals surface area contributed by atoms with Crippen molar-refractivity contribution in [3.8, 4) is 28.8 Å². The Kier molecular flexibility index (Phi) is 7.45. The third-order valence-corrected chi connectivity index (χ3v) is 7.21. The van der Waals surface area contributed by atoms with Gasteiger partial charge < -0.3 is 18.6 Å². The summed E-state index contributed by atoms with van der Waals surface area (Å²) in [7, 11) is 3.09. The number of ether oxygens (including phenoxy) is 3. The summed E-state index contributed by atoms with van der Waals surface area (Å²) < 4.78 is 38.9. The van der Waals surface area contributed by atoms with Gasteiger partial charge in [-0.25, -0.2) is 9.37 Å². The van der Waals surface area contributed by atoms with Gasteiger partial charge in [-0.3, -0.25) is 4.79 Å². The Labute approximate surface area is 247 Å². The number of nitrogens with zero attached hydrogens (tertiary/aromatic N) is 3. The molecule has 0 spiro atoms. The Morgan fingerprint density at radius 3 is 2.55 bits per heavy atom. The SMILES string of the molecule is COc1cc(C=Nn2c(-c3cc4c(OC)cccc4o3)nc3ccccc3c2=O)cc(Br)c1OCc1ccccc1F. The van der Waals surface area contributed by atoms with Crippen molar-refractivity contribution in [2.45, 2.75) is 6.61 Å². The Balaban J connectivity index is 1.41. The summed E-state index contributed by atoms with van der Waals surface area (Å²) in [4.78, 5) is 18.4. The van der Waals surface area contributed by atoms with Gasteiger partial charge in [-0.05, 0) is 70.0 Å². The van der Waals surface area contributed by atoms with Crippen molar-refractivity contribution >= 4 is 44.0 Å². The number of aromatic nitrogens is 2. The first-order chi connectivity index (χ1) is 20.5. The summed E-state index contributed by atoms with van der Waals surface area (Å²) in [6, 6.07) is 24.1. The highest BCUT2D eigenvalue weighted by molar-refractivity contribution is 9.10. The average molecular weight is 628 g/mol. The van der Waals surface area contributed by atoms with Crippen molar-refractivity contribution < 1.29 is 23.0 Å². The summed E-state index contributed by atoms with van der Waals surface area (Å²) >= 11 is 3.52. The van der Waals surface area contributed by atoms with Crippen molar-refractivity contribution in [2.75, 3.05) is 14.2 Å². The van der Waals surface area contributed by atoms with Crippen LogP contribution in [0.3, 0.4) is 0 Å². The van der Waals surface area contributed by atoms with E-state index < -0.39 is 0 Å². The van der Waals surface area contributed by atoms with Crippen LogP contribution in [0.2, 0.25) is 0 Å². The number of para-hydroxylation sites is 1. The summed E-state index contributed by atoms with van der Waals surface area (Å²) in [5.41, 5.74) is 1.75. The largest absolute Gasteiger partial charge is 0.496 e. The highest BCUT2D eigenvalue weighted by Crippen LogP contribution is 2.37. The molecule has 0 unspecified atom stereocenters. The molecule has 6 aromatic rings. The zero-order valence-corrected chi connectivity index (χ0v) is 24.1. The zero-order valence-electron chi connectivity index (χ0n) is 22.5. The molecule has 0 fully saturated rings. The molecular formula is C32H23BrFN3O5. The van der Waals surface area contributed by atoms with Crippen LogP contribution in [0.5, 0.6) is 17.2 Å². The van der Waals surface area contributed by atoms with Gasteiger partial charge in [0.05, 0.1) is 41.2 Å². The van der Waals surface area contributed by atoms with Crippen molar-refractivity contribution in [3.63, 3.8) is 0 Å². The molecule has 8 nitrogen and oxygen atoms in total. The minimum atomic E-state index is -0.366. The number of methoxy groups -OCH3 is 2. The molecule has 0 saturated carbocycles. The summed E-state index contributed by atoms with van der Waals surface area (Å²) in [5.74, 6) is 1.66. The van der Waals surface area contributed by atoms with Gasteiger partial charge in [0.15, 0.2) is 17.3 Å². The molecule has 2 aromatic heterocycles. The maximum absolute atomic E-state index is 14.1. The molecule has 0 aliphatic heterocycles. The van der Waals surface area contributed by atoms with E-state index in [9.17, 15) is 9.18 Å². The van der Waals surface area contributed by atoms with Crippen LogP contribution in [0.4, 0.5) is 4.39 Å². The van der Waals surface area contributed by atoms with Crippen LogP contribution in [-0.4, -0.2) is 30.1 Å². The Hall–Kier alpha value is -4.96. The number of halogens is 2. The minimum Gasteiger partial charge on any atom is -0.496 e. The lowest BCUT2D eigenvalue weighted by Gasteiger charge is -2.14. The van der Waals surface area contributed by atoms with E-state index in [1.807, 2.05) is 24.3 Å². The predicted octanol–water partition coefficient (Wildman–Crippen LogP) is 7.19. The lowest BCUT2D eigenvalue weighted by molar-refractivity contribution is 0.278. The van der Waals surface area contributed by atoms with Crippen LogP contribution in [-0.2, 0) is 6.61 Å². The number of rotatable bonds is 8. The standard InChI is InChI=1S/C32H23BrFN3O5/c1-39-26-12-7-13-27-22(26)16-29(42-27)31-36-25-11-6-4-9-21(25)32(38)37(31)35-17-19-14-23(33)30(28(15-19)40-2)41-18-20-8-3-5-10-24(20)34/h3-17H,18H2,1-2H3. The van der Waals surface area contributed by atoms with Gasteiger partial charge in [-0.2, -0.15) is 9.78 Å². The van der Waals surface area contributed by atoms with E-state index in [1.165, 1.54) is 24.1 Å². The fourth-order valence-corrected chi connectivity index (χ4v) is 5.13. The van der Waals surface area contributed by atoms with Crippen LogP contribution >= 0.6 is 15.9 Å². The molecule has 4 aromatic carbocycles. The van der Waals surface area contributed by atoms with Crippen molar-refractivity contribution in [1.82, 2.24) is 9.66 Å². The molecule has 0 radical (unpaired) electrons. The number of hydrogen-bond acceptors (Lipinski definition) is 7. The number of benzene rings is 4. The quantitative estimate of drug-likeness (QED) is 0.166. The van der Waals surface area contributed by atoms with E-state index in [0.29, 0.717) is 55.1 Å². The zero-order chi connectivity index (χ0) is 29.2. The molecule has 0 bridgehead atoms. The maximum atomic E-state index is 14.1. The van der Waals surface area contributed by atoms with Gasteiger partial charge in [0.1, 0.15) is 23.8 Å². The first-order valence-corrected chi connectivity index (χ1v) is 13.6. The highest BCUT2D eigenvalue weighted by atomic mass is 79.9. The van der Waals surface area contributed by atoms with Crippen molar-refractivity contribution in [1.29, 1.82) is 0 Å². The third kappa shape index (κ3) is 5.12. The molecule has 210 valence electrons. The van der Waals surface area contributed by atoms with E-state index in [4.69, 9.17) is 23.6 Å². The van der Waals surface area contributed by atoms with E-state index in [0.717, 1.165) is 5.39 Å². The maximum Gasteiger partial charge on any atom is 0.282 e. The van der Waals surface area contributed by atoms with Crippen LogP contribution in [0.15, 0.2) is 104 Å². The first kappa shape index (κ1) is 27.2. The van der Waals surface area contributed by atoms with E-state index in [1.54, 1.807) is 61.7 Å². The van der Waals surface area contributed by atoms with E-state index in [-0.39, 0.29) is 23.8 Å². The van der Waals surface area contributed by atoms with Crippen LogP contribution < -0.4 is 19.8 Å². The first-order valence-electron chi connectivity index (χ1n) is 12.8. The smallest absolute Gasteiger partial charge is 0.282 e. The minimum absolute atomic E-state index is 0.0128. The van der Waals surface area contributed by atoms with Crippen molar-refractivity contribution in [2.24, 2.45) is 5.10 Å². The molecule has 0 saturated heterocycles. The lowest BCUT2D eigenvalue weighted by Crippen LogP contribution is -2.20. The van der Waals surface area contributed by atoms with Crippen LogP contribution in [0.25, 0.3) is 33.5 Å². The third-order valence-electron chi connectivity index (χ3n) is 6.62. The number of fused-ring (bicyclic) bond motifs is 2. The summed E-state index contributed by atoms with van der Waals surface area (Å²) in [5, 5.41) is 5.67. The van der Waals surface area contributed by atoms with Gasteiger partial charge >= 0.3 is 0 Å². The summed E-state index contributed by atoms with van der Waals surface area (Å²) in [6.07, 6.45) is 1.51. The van der Waals surface area contributed by atoms with Gasteiger partial charge in [-0.1, -0.05) is 36.4 Å². The normalized spacial score (nSPS) is 11.4. The molecule has 2 heterocycles. The van der Waals surface area contributed by atoms with E-state index >= 15 is 0 Å². The Bertz CT molecular complexity index is 2040. The van der Waals surface area contributed by atoms with Gasteiger partial charge in [0.2, 0.25) is 5.82 Å². The fourth-order valence-electron chi connectivity index (χ4n) is 4.56. The molecule has 0 N–H and O–H groups in total. The van der Waals surface area contributed by atoms with Gasteiger partial charge in [0.25, 0.3) is 5.56 Å². The lowest BCUT2D eigenvalue weighted by atomic mass is 10.2. The topological polar surface area (TPSA) is 88.1 Å². The molecule has 6 rings (SSSR count). The van der Waals surface area contributed by atoms with E-state index in [2.05, 4.69) is 21.0 Å². The fraction of sp³-hybridized carbons (Fsp3) is 0.0938. The molecular weight excluding hydrogens is 605 g/mol. The second-order valence-corrected chi connectivity index (χ2v) is 10.1. The van der Waals surface area contributed by atoms with Crippen LogP contribution in [0.1, 0.15) is 11.1 Å². The second-order valence-electron chi connectivity index (χ2n) is 9.21. The van der Waals surface area contributed by atoms with Gasteiger partial charge in [-0.15, -0.1) is 0 Å². The number of hydrogen-bond donors (Lipinski definition) is 0. The molecule has 10 heteroatoms. The predicted molar refractivity (Wildman–Crippen MR) is 162 cm³/mol. The molecule has 42 heavy (non-hydrogen) atoms. The van der Waals surface area contributed by atoms with Gasteiger partial charge in [0, 0.05) is 5.56 Å². The van der Waals surface area contributed by atoms with Crippen molar-refractivity contribution in [3.05, 3.63) is 117 Å². The number of furan rings is 1. The second kappa shape index (κ2) is 11.5. The molecule has 0 amide bonds. The molecule has 0 aliphatic rings. The monoisotopic (exact) mass is 627 g/mol. The van der Waals surface area contributed by atoms with Crippen LogP contribution in [0, 0.1) is 5.82 Å². The average Bonchev–Trinajstić information content (AvgIpc) is 3.45. The Morgan fingerprint density at radius 1 is 0.952 bits per heavy atom. The highest BCUT2D eigenvalue weighted by Gasteiger charge is 2.18. The Morgan fingerprint density at radius 2 is 1.74 bits per heavy atom. The summed E-state index contributed by atoms with van der Waals surface area (Å²) in [6.45, 7) is 0.0128. The molecule has 0 atom stereocenters. The molecule has 0 aliphatic carbocycles.